The molecule has 3 atom stereocenters. The number of nitrogens with one attached hydrogen (secondary N) is 1. The second kappa shape index (κ2) is 9.41. The number of alkyl carbamates (subject to hydrolysis) is 1. The second-order valence-electron chi connectivity index (χ2n) is 8.86. The van der Waals surface area contributed by atoms with Crippen LogP contribution in [-0.4, -0.2) is 45.8 Å². The summed E-state index contributed by atoms with van der Waals surface area (Å²) in [6, 6.07) is 8.13. The molecule has 1 fully saturated rings. The second-order valence-corrected chi connectivity index (χ2v) is 8.86. The van der Waals surface area contributed by atoms with E-state index in [1.54, 1.807) is 20.8 Å². The number of hydrogen-bond acceptors (Lipinski definition) is 4. The van der Waals surface area contributed by atoms with Crippen molar-refractivity contribution < 1.29 is 19.4 Å². The summed E-state index contributed by atoms with van der Waals surface area (Å²) in [4.78, 5) is 26.0. The number of rotatable bonds is 6. The lowest BCUT2D eigenvalue weighted by Crippen LogP contribution is -2.44. The van der Waals surface area contributed by atoms with Crippen LogP contribution in [0.4, 0.5) is 4.79 Å². The maximum absolute atomic E-state index is 11.9. The lowest BCUT2D eigenvalue weighted by molar-refractivity contribution is -0.139. The molecule has 156 valence electrons. The first-order valence-electron chi connectivity index (χ1n) is 10.1. The fourth-order valence-electron chi connectivity index (χ4n) is 3.66. The van der Waals surface area contributed by atoms with E-state index in [1.807, 2.05) is 12.1 Å². The summed E-state index contributed by atoms with van der Waals surface area (Å²) in [5, 5.41) is 11.9. The van der Waals surface area contributed by atoms with Crippen LogP contribution in [0.3, 0.4) is 0 Å². The highest BCUT2D eigenvalue weighted by atomic mass is 16.6. The van der Waals surface area contributed by atoms with Gasteiger partial charge in [-0.15, -0.1) is 0 Å². The molecule has 1 unspecified atom stereocenters. The average molecular weight is 391 g/mol. The van der Waals surface area contributed by atoms with Gasteiger partial charge in [0, 0.05) is 25.0 Å². The van der Waals surface area contributed by atoms with Gasteiger partial charge < -0.3 is 15.2 Å². The maximum Gasteiger partial charge on any atom is 0.408 e. The van der Waals surface area contributed by atoms with Gasteiger partial charge in [0.1, 0.15) is 11.6 Å². The Hall–Kier alpha value is -2.08. The van der Waals surface area contributed by atoms with Crippen LogP contribution in [0.25, 0.3) is 0 Å². The smallest absolute Gasteiger partial charge is 0.408 e. The third-order valence-corrected chi connectivity index (χ3v) is 5.19. The summed E-state index contributed by atoms with van der Waals surface area (Å²) < 4.78 is 5.16. The van der Waals surface area contributed by atoms with Crippen molar-refractivity contribution in [3.63, 3.8) is 0 Å². The fourth-order valence-corrected chi connectivity index (χ4v) is 3.66. The summed E-state index contributed by atoms with van der Waals surface area (Å²) in [5.74, 6) is -1.08. The lowest BCUT2D eigenvalue weighted by Gasteiger charge is -2.39. The predicted molar refractivity (Wildman–Crippen MR) is 109 cm³/mol. The molecule has 0 radical (unpaired) electrons. The molecule has 1 aromatic carbocycles. The summed E-state index contributed by atoms with van der Waals surface area (Å²) in [5.41, 5.74) is 1.42. The number of hydrogen-bond donors (Lipinski definition) is 2. The van der Waals surface area contributed by atoms with Crippen molar-refractivity contribution in [2.24, 2.45) is 0 Å². The number of piperidine rings is 1. The molecule has 2 rings (SSSR count). The molecule has 0 saturated carbocycles. The van der Waals surface area contributed by atoms with Gasteiger partial charge in [0.25, 0.3) is 0 Å². The zero-order chi connectivity index (χ0) is 20.9. The van der Waals surface area contributed by atoms with E-state index in [0.717, 1.165) is 12.1 Å². The topological polar surface area (TPSA) is 78.9 Å². The summed E-state index contributed by atoms with van der Waals surface area (Å²) in [6.07, 6.45) is 3.26. The SMILES string of the molecule is C[C@@H]1CCC[C@H](C)N1Cc1ccc(CC(NC(=O)OC(C)(C)C)C(=O)O)cc1. The van der Waals surface area contributed by atoms with Crippen molar-refractivity contribution >= 4 is 12.1 Å². The summed E-state index contributed by atoms with van der Waals surface area (Å²) in [7, 11) is 0. The Morgan fingerprint density at radius 1 is 1.14 bits per heavy atom. The van der Waals surface area contributed by atoms with Crippen molar-refractivity contribution in [3.8, 4) is 0 Å². The zero-order valence-corrected chi connectivity index (χ0v) is 17.7. The minimum Gasteiger partial charge on any atom is -0.480 e. The van der Waals surface area contributed by atoms with Gasteiger partial charge in [0.2, 0.25) is 0 Å². The van der Waals surface area contributed by atoms with Crippen LogP contribution in [0, 0.1) is 0 Å². The molecular weight excluding hydrogens is 356 g/mol. The molecular formula is C22H34N2O4. The Labute approximate surface area is 168 Å². The highest BCUT2D eigenvalue weighted by Crippen LogP contribution is 2.24. The Bertz CT molecular complexity index is 656. The Balaban J connectivity index is 1.97. The van der Waals surface area contributed by atoms with Gasteiger partial charge in [0.05, 0.1) is 0 Å². The number of aliphatic carboxylic acids is 1. The lowest BCUT2D eigenvalue weighted by atomic mass is 9.96. The largest absolute Gasteiger partial charge is 0.480 e. The van der Waals surface area contributed by atoms with Gasteiger partial charge in [0.15, 0.2) is 0 Å². The average Bonchev–Trinajstić information content (AvgIpc) is 2.57. The van der Waals surface area contributed by atoms with Crippen LogP contribution in [0.2, 0.25) is 0 Å². The quantitative estimate of drug-likeness (QED) is 0.768. The van der Waals surface area contributed by atoms with Gasteiger partial charge in [-0.2, -0.15) is 0 Å². The van der Waals surface area contributed by atoms with E-state index >= 15 is 0 Å². The molecule has 28 heavy (non-hydrogen) atoms. The highest BCUT2D eigenvalue weighted by molar-refractivity contribution is 5.80. The van der Waals surface area contributed by atoms with Crippen LogP contribution < -0.4 is 5.32 Å². The first-order valence-corrected chi connectivity index (χ1v) is 10.1. The number of carboxylic acids is 1. The van der Waals surface area contributed by atoms with Crippen LogP contribution in [0.5, 0.6) is 0 Å². The van der Waals surface area contributed by atoms with Crippen LogP contribution >= 0.6 is 0 Å². The molecule has 1 aromatic rings. The van der Waals surface area contributed by atoms with Crippen molar-refractivity contribution in [2.45, 2.75) is 90.6 Å². The highest BCUT2D eigenvalue weighted by Gasteiger charge is 2.26. The van der Waals surface area contributed by atoms with Gasteiger partial charge in [-0.1, -0.05) is 30.7 Å². The van der Waals surface area contributed by atoms with E-state index < -0.39 is 23.7 Å². The Morgan fingerprint density at radius 3 is 2.18 bits per heavy atom. The molecule has 6 nitrogen and oxygen atoms in total. The van der Waals surface area contributed by atoms with E-state index in [2.05, 4.69) is 36.2 Å². The van der Waals surface area contributed by atoms with E-state index in [9.17, 15) is 14.7 Å². The number of ether oxygens (including phenoxy) is 1. The molecule has 1 heterocycles. The molecule has 0 spiro atoms. The minimum absolute atomic E-state index is 0.214. The number of amides is 1. The molecule has 1 aliphatic rings. The molecule has 0 aromatic heterocycles. The van der Waals surface area contributed by atoms with E-state index in [-0.39, 0.29) is 6.42 Å². The number of likely N-dealkylation sites (tertiary alicyclic amines) is 1. The van der Waals surface area contributed by atoms with Gasteiger partial charge in [-0.25, -0.2) is 9.59 Å². The molecule has 0 bridgehead atoms. The van der Waals surface area contributed by atoms with Gasteiger partial charge in [-0.05, 0) is 58.6 Å². The fraction of sp³-hybridized carbons (Fsp3) is 0.636. The number of benzene rings is 1. The minimum atomic E-state index is -1.08. The van der Waals surface area contributed by atoms with Crippen molar-refractivity contribution in [1.29, 1.82) is 0 Å². The number of nitrogens with zero attached hydrogens (tertiary/aromatic N) is 1. The standard InChI is InChI=1S/C22H34N2O4/c1-15-7-6-8-16(2)24(15)14-18-11-9-17(10-12-18)13-19(20(25)26)23-21(27)28-22(3,4)5/h9-12,15-16,19H,6-8,13-14H2,1-5H3,(H,23,27)(H,25,26)/t15-,16+,19?. The Morgan fingerprint density at radius 2 is 1.68 bits per heavy atom. The first-order chi connectivity index (χ1) is 13.0. The summed E-state index contributed by atoms with van der Waals surface area (Å²) in [6.45, 7) is 10.7. The predicted octanol–water partition coefficient (Wildman–Crippen LogP) is 3.97. The molecule has 2 N–H and O–H groups in total. The zero-order valence-electron chi connectivity index (χ0n) is 17.7. The third kappa shape index (κ3) is 6.82. The van der Waals surface area contributed by atoms with Gasteiger partial charge >= 0.3 is 12.1 Å². The number of carbonyl (C=O) groups excluding carboxylic acids is 1. The van der Waals surface area contributed by atoms with Crippen molar-refractivity contribution in [3.05, 3.63) is 35.4 Å². The monoisotopic (exact) mass is 390 g/mol. The normalized spacial score (nSPS) is 21.8. The molecule has 1 saturated heterocycles. The summed E-state index contributed by atoms with van der Waals surface area (Å²) >= 11 is 0. The van der Waals surface area contributed by atoms with Crippen LogP contribution in [0.15, 0.2) is 24.3 Å². The van der Waals surface area contributed by atoms with Crippen molar-refractivity contribution in [2.75, 3.05) is 0 Å². The number of carboxylic acid groups (broad SMARTS) is 1. The maximum atomic E-state index is 11.9. The Kier molecular flexibility index (Phi) is 7.47. The van der Waals surface area contributed by atoms with E-state index in [0.29, 0.717) is 12.1 Å². The van der Waals surface area contributed by atoms with Gasteiger partial charge in [-0.3, -0.25) is 4.90 Å². The first kappa shape index (κ1) is 22.2. The third-order valence-electron chi connectivity index (χ3n) is 5.19. The molecule has 6 heteroatoms. The van der Waals surface area contributed by atoms with Crippen LogP contribution in [-0.2, 0) is 22.5 Å². The molecule has 1 aliphatic heterocycles. The van der Waals surface area contributed by atoms with E-state index in [4.69, 9.17) is 4.74 Å². The molecule has 0 aliphatic carbocycles. The van der Waals surface area contributed by atoms with E-state index in [1.165, 1.54) is 24.8 Å². The van der Waals surface area contributed by atoms with Crippen LogP contribution in [0.1, 0.15) is 65.0 Å². The molecule has 1 amide bonds. The number of carbonyl (C=O) groups is 2. The van der Waals surface area contributed by atoms with Crippen molar-refractivity contribution in [1.82, 2.24) is 10.2 Å².